The summed E-state index contributed by atoms with van der Waals surface area (Å²) in [6, 6.07) is 0.650. The summed E-state index contributed by atoms with van der Waals surface area (Å²) in [6.07, 6.45) is 4.79. The smallest absolute Gasteiger partial charge is 0.323 e. The Morgan fingerprint density at radius 2 is 2.25 bits per heavy atom. The van der Waals surface area contributed by atoms with Crippen molar-refractivity contribution in [2.75, 3.05) is 11.9 Å². The molecule has 3 rings (SSSR count). The van der Waals surface area contributed by atoms with E-state index in [1.54, 1.807) is 0 Å². The van der Waals surface area contributed by atoms with Gasteiger partial charge in [0, 0.05) is 17.3 Å². The molecule has 88 valence electrons. The molecule has 2 heterocycles. The fourth-order valence-electron chi connectivity index (χ4n) is 3.02. The average Bonchev–Trinajstić information content (AvgIpc) is 2.74. The van der Waals surface area contributed by atoms with Crippen LogP contribution in [0.15, 0.2) is 4.99 Å². The number of nitrogens with zero attached hydrogens (tertiary/aromatic N) is 2. The van der Waals surface area contributed by atoms with Crippen LogP contribution in [0.25, 0.3) is 0 Å². The molecule has 5 heteroatoms. The lowest BCUT2D eigenvalue weighted by Crippen LogP contribution is -2.59. The molecule has 3 aliphatic rings. The molecule has 0 bridgehead atoms. The summed E-state index contributed by atoms with van der Waals surface area (Å²) in [4.78, 5) is 18.5. The van der Waals surface area contributed by atoms with Crippen molar-refractivity contribution in [3.8, 4) is 0 Å². The molecule has 1 aliphatic carbocycles. The number of nitrogens with one attached hydrogen (secondary N) is 1. The van der Waals surface area contributed by atoms with E-state index >= 15 is 0 Å². The SMILES string of the molecule is O=C1NC2CCCCC2C2=NC(CBr)CN12. The monoisotopic (exact) mass is 285 g/mol. The van der Waals surface area contributed by atoms with Crippen molar-refractivity contribution in [3.05, 3.63) is 0 Å². The van der Waals surface area contributed by atoms with E-state index in [4.69, 9.17) is 4.99 Å². The molecular weight excluding hydrogens is 270 g/mol. The Bertz CT molecular complexity index is 344. The van der Waals surface area contributed by atoms with E-state index in [9.17, 15) is 4.79 Å². The van der Waals surface area contributed by atoms with Crippen molar-refractivity contribution in [1.29, 1.82) is 0 Å². The number of hydrogen-bond donors (Lipinski definition) is 1. The number of hydrogen-bond acceptors (Lipinski definition) is 2. The average molecular weight is 286 g/mol. The normalized spacial score (nSPS) is 37.6. The third-order valence-corrected chi connectivity index (χ3v) is 4.56. The topological polar surface area (TPSA) is 44.7 Å². The Hall–Kier alpha value is -0.580. The maximum Gasteiger partial charge on any atom is 0.323 e. The second-order valence-electron chi connectivity index (χ2n) is 4.85. The van der Waals surface area contributed by atoms with E-state index in [-0.39, 0.29) is 12.1 Å². The molecule has 4 nitrogen and oxygen atoms in total. The predicted octanol–water partition coefficient (Wildman–Crippen LogP) is 1.75. The molecule has 1 N–H and O–H groups in total. The van der Waals surface area contributed by atoms with Gasteiger partial charge in [-0.25, -0.2) is 4.79 Å². The van der Waals surface area contributed by atoms with Crippen LogP contribution in [0, 0.1) is 5.92 Å². The van der Waals surface area contributed by atoms with Crippen molar-refractivity contribution in [1.82, 2.24) is 10.2 Å². The van der Waals surface area contributed by atoms with Crippen LogP contribution in [0.2, 0.25) is 0 Å². The molecule has 1 saturated carbocycles. The number of carbonyl (C=O) groups is 1. The Morgan fingerprint density at radius 1 is 1.44 bits per heavy atom. The summed E-state index contributed by atoms with van der Waals surface area (Å²) < 4.78 is 0. The first-order valence-electron chi connectivity index (χ1n) is 6.01. The molecule has 0 radical (unpaired) electrons. The molecular formula is C11H16BrN3O. The Labute approximate surface area is 104 Å². The zero-order chi connectivity index (χ0) is 11.1. The van der Waals surface area contributed by atoms with E-state index < -0.39 is 0 Å². The molecule has 2 amide bonds. The summed E-state index contributed by atoms with van der Waals surface area (Å²) >= 11 is 3.45. The Balaban J connectivity index is 1.88. The molecule has 16 heavy (non-hydrogen) atoms. The third kappa shape index (κ3) is 1.56. The highest BCUT2D eigenvalue weighted by molar-refractivity contribution is 9.09. The van der Waals surface area contributed by atoms with Crippen molar-refractivity contribution < 1.29 is 4.79 Å². The second-order valence-corrected chi connectivity index (χ2v) is 5.50. The molecule has 1 saturated heterocycles. The number of amidine groups is 1. The first-order valence-corrected chi connectivity index (χ1v) is 7.13. The van der Waals surface area contributed by atoms with Gasteiger partial charge in [-0.15, -0.1) is 0 Å². The standard InChI is InChI=1S/C11H16BrN3O/c12-5-7-6-15-10(13-7)8-3-1-2-4-9(8)14-11(15)16/h7-9H,1-6H2,(H,14,16). The first kappa shape index (κ1) is 10.6. The van der Waals surface area contributed by atoms with Gasteiger partial charge >= 0.3 is 6.03 Å². The van der Waals surface area contributed by atoms with Gasteiger partial charge in [-0.05, 0) is 12.8 Å². The fraction of sp³-hybridized carbons (Fsp3) is 0.818. The maximum absolute atomic E-state index is 11.9. The number of fused-ring (bicyclic) bond motifs is 3. The summed E-state index contributed by atoms with van der Waals surface area (Å²) in [7, 11) is 0. The lowest BCUT2D eigenvalue weighted by molar-refractivity contribution is 0.193. The molecule has 2 aliphatic heterocycles. The second kappa shape index (κ2) is 4.02. The van der Waals surface area contributed by atoms with E-state index in [0.29, 0.717) is 12.0 Å². The zero-order valence-corrected chi connectivity index (χ0v) is 10.7. The lowest BCUT2D eigenvalue weighted by Gasteiger charge is -2.40. The van der Waals surface area contributed by atoms with Gasteiger partial charge in [-0.2, -0.15) is 0 Å². The molecule has 0 aromatic heterocycles. The highest BCUT2D eigenvalue weighted by Crippen LogP contribution is 2.32. The summed E-state index contributed by atoms with van der Waals surface area (Å²) in [5.41, 5.74) is 0. The van der Waals surface area contributed by atoms with Crippen LogP contribution >= 0.6 is 15.9 Å². The zero-order valence-electron chi connectivity index (χ0n) is 9.16. The van der Waals surface area contributed by atoms with Gasteiger partial charge in [-0.1, -0.05) is 28.8 Å². The van der Waals surface area contributed by atoms with Crippen molar-refractivity contribution >= 4 is 27.8 Å². The van der Waals surface area contributed by atoms with Crippen LogP contribution in [0.5, 0.6) is 0 Å². The highest BCUT2D eigenvalue weighted by Gasteiger charge is 2.43. The van der Waals surface area contributed by atoms with Gasteiger partial charge in [0.15, 0.2) is 0 Å². The highest BCUT2D eigenvalue weighted by atomic mass is 79.9. The summed E-state index contributed by atoms with van der Waals surface area (Å²) in [5.74, 6) is 1.52. The van der Waals surface area contributed by atoms with E-state index in [0.717, 1.165) is 24.1 Å². The van der Waals surface area contributed by atoms with Gasteiger partial charge in [0.25, 0.3) is 0 Å². The minimum Gasteiger partial charge on any atom is -0.334 e. The van der Waals surface area contributed by atoms with Gasteiger partial charge in [-0.3, -0.25) is 9.89 Å². The van der Waals surface area contributed by atoms with Crippen LogP contribution in [-0.2, 0) is 0 Å². The number of halogens is 1. The molecule has 0 aromatic rings. The van der Waals surface area contributed by atoms with Crippen molar-refractivity contribution in [3.63, 3.8) is 0 Å². The van der Waals surface area contributed by atoms with E-state index in [2.05, 4.69) is 21.2 Å². The first-order chi connectivity index (χ1) is 7.79. The maximum atomic E-state index is 11.9. The number of carbonyl (C=O) groups excluding carboxylic acids is 1. The van der Waals surface area contributed by atoms with Crippen LogP contribution in [-0.4, -0.2) is 40.7 Å². The van der Waals surface area contributed by atoms with Gasteiger partial charge in [0.05, 0.1) is 12.6 Å². The fourth-order valence-corrected chi connectivity index (χ4v) is 3.37. The molecule has 0 aromatic carbocycles. The minimum absolute atomic E-state index is 0.0605. The number of urea groups is 1. The van der Waals surface area contributed by atoms with Crippen LogP contribution in [0.3, 0.4) is 0 Å². The van der Waals surface area contributed by atoms with E-state index in [1.807, 2.05) is 4.90 Å². The quantitative estimate of drug-likeness (QED) is 0.733. The van der Waals surface area contributed by atoms with E-state index in [1.165, 1.54) is 19.3 Å². The predicted molar refractivity (Wildman–Crippen MR) is 66.0 cm³/mol. The third-order valence-electron chi connectivity index (χ3n) is 3.81. The molecule has 0 spiro atoms. The number of aliphatic imine (C=N–C) groups is 1. The van der Waals surface area contributed by atoms with Crippen LogP contribution in [0.4, 0.5) is 4.79 Å². The molecule has 3 unspecified atom stereocenters. The van der Waals surface area contributed by atoms with Gasteiger partial charge < -0.3 is 5.32 Å². The van der Waals surface area contributed by atoms with Crippen molar-refractivity contribution in [2.24, 2.45) is 10.9 Å². The number of amides is 2. The van der Waals surface area contributed by atoms with Crippen LogP contribution < -0.4 is 5.32 Å². The Kier molecular flexibility index (Phi) is 2.65. The molecule has 2 fully saturated rings. The number of alkyl halides is 1. The summed E-state index contributed by atoms with van der Waals surface area (Å²) in [6.45, 7) is 0.746. The largest absolute Gasteiger partial charge is 0.334 e. The Morgan fingerprint density at radius 3 is 3.06 bits per heavy atom. The number of rotatable bonds is 1. The van der Waals surface area contributed by atoms with Crippen LogP contribution in [0.1, 0.15) is 25.7 Å². The van der Waals surface area contributed by atoms with Gasteiger partial charge in [0.1, 0.15) is 5.84 Å². The van der Waals surface area contributed by atoms with Gasteiger partial charge in [0.2, 0.25) is 0 Å². The molecule has 3 atom stereocenters. The lowest BCUT2D eigenvalue weighted by atomic mass is 9.82. The minimum atomic E-state index is 0.0605. The summed E-state index contributed by atoms with van der Waals surface area (Å²) in [5, 5.41) is 3.97. The van der Waals surface area contributed by atoms with Crippen molar-refractivity contribution in [2.45, 2.75) is 37.8 Å².